The van der Waals surface area contributed by atoms with E-state index in [4.69, 9.17) is 4.74 Å². The van der Waals surface area contributed by atoms with Gasteiger partial charge in [0.2, 0.25) is 0 Å². The van der Waals surface area contributed by atoms with Crippen molar-refractivity contribution in [3.05, 3.63) is 29.6 Å². The van der Waals surface area contributed by atoms with Crippen LogP contribution in [0.1, 0.15) is 39.2 Å². The number of halogens is 1. The lowest BCUT2D eigenvalue weighted by Gasteiger charge is -2.35. The highest BCUT2D eigenvalue weighted by Crippen LogP contribution is 2.28. The quantitative estimate of drug-likeness (QED) is 0.835. The molecule has 2 rings (SSSR count). The molecule has 1 heterocycles. The number of benzene rings is 1. The number of piperidine rings is 1. The molecule has 6 heteroatoms. The number of amides is 1. The number of anilines is 1. The molecule has 0 N–H and O–H groups in total. The van der Waals surface area contributed by atoms with Gasteiger partial charge in [-0.1, -0.05) is 6.07 Å². The summed E-state index contributed by atoms with van der Waals surface area (Å²) in [5.41, 5.74) is 0.257. The highest BCUT2D eigenvalue weighted by molar-refractivity contribution is 5.67. The Hall–Kier alpha value is -2.29. The van der Waals surface area contributed by atoms with E-state index >= 15 is 0 Å². The maximum atomic E-state index is 13.8. The first-order chi connectivity index (χ1) is 11.7. The molecule has 0 atom stereocenters. The predicted molar refractivity (Wildman–Crippen MR) is 94.9 cm³/mol. The second kappa shape index (κ2) is 7.73. The van der Waals surface area contributed by atoms with Crippen LogP contribution in [0, 0.1) is 23.1 Å². The smallest absolute Gasteiger partial charge is 0.410 e. The number of ether oxygens (including phenoxy) is 1. The van der Waals surface area contributed by atoms with E-state index in [0.29, 0.717) is 18.2 Å². The molecule has 1 aliphatic heterocycles. The van der Waals surface area contributed by atoms with Gasteiger partial charge in [-0.3, -0.25) is 0 Å². The SMILES string of the molecule is CN(CC1CCN(c2cccc(F)c2C#N)CC1)C(=O)OC(C)(C)C. The van der Waals surface area contributed by atoms with Crippen molar-refractivity contribution >= 4 is 11.8 Å². The monoisotopic (exact) mass is 347 g/mol. The van der Waals surface area contributed by atoms with Crippen LogP contribution in [-0.2, 0) is 4.74 Å². The highest BCUT2D eigenvalue weighted by atomic mass is 19.1. The van der Waals surface area contributed by atoms with Crippen molar-refractivity contribution in [1.82, 2.24) is 4.90 Å². The van der Waals surface area contributed by atoms with Crippen LogP contribution in [0.25, 0.3) is 0 Å². The maximum Gasteiger partial charge on any atom is 0.410 e. The molecule has 1 aromatic carbocycles. The Kier molecular flexibility index (Phi) is 5.89. The molecule has 1 fully saturated rings. The molecule has 0 spiro atoms. The number of carbonyl (C=O) groups excluding carboxylic acids is 1. The zero-order chi connectivity index (χ0) is 18.6. The van der Waals surface area contributed by atoms with Crippen LogP contribution in [0.15, 0.2) is 18.2 Å². The first-order valence-electron chi connectivity index (χ1n) is 8.59. The van der Waals surface area contributed by atoms with Gasteiger partial charge in [0.25, 0.3) is 0 Å². The van der Waals surface area contributed by atoms with E-state index < -0.39 is 11.4 Å². The third-order valence-corrected chi connectivity index (χ3v) is 4.30. The van der Waals surface area contributed by atoms with Crippen molar-refractivity contribution in [1.29, 1.82) is 5.26 Å². The molecular formula is C19H26FN3O2. The molecule has 0 unspecified atom stereocenters. The van der Waals surface area contributed by atoms with E-state index in [1.807, 2.05) is 31.7 Å². The molecule has 25 heavy (non-hydrogen) atoms. The minimum absolute atomic E-state index is 0.104. The Bertz CT molecular complexity index is 656. The van der Waals surface area contributed by atoms with Crippen molar-refractivity contribution in [2.45, 2.75) is 39.2 Å². The molecule has 1 aliphatic rings. The number of hydrogen-bond donors (Lipinski definition) is 0. The molecule has 1 aromatic rings. The molecule has 0 saturated carbocycles. The second-order valence-electron chi connectivity index (χ2n) is 7.54. The lowest BCUT2D eigenvalue weighted by molar-refractivity contribution is 0.0266. The number of hydrogen-bond acceptors (Lipinski definition) is 4. The Morgan fingerprint density at radius 2 is 2.04 bits per heavy atom. The van der Waals surface area contributed by atoms with Gasteiger partial charge in [0.1, 0.15) is 23.1 Å². The Morgan fingerprint density at radius 3 is 2.60 bits per heavy atom. The molecular weight excluding hydrogens is 321 g/mol. The molecule has 0 aromatic heterocycles. The number of rotatable bonds is 3. The first kappa shape index (κ1) is 19.0. The van der Waals surface area contributed by atoms with Gasteiger partial charge in [0, 0.05) is 26.7 Å². The van der Waals surface area contributed by atoms with Crippen molar-refractivity contribution in [3.63, 3.8) is 0 Å². The Balaban J connectivity index is 1.91. The van der Waals surface area contributed by atoms with Crippen molar-refractivity contribution < 1.29 is 13.9 Å². The fourth-order valence-electron chi connectivity index (χ4n) is 3.05. The number of nitrogens with zero attached hydrogens (tertiary/aromatic N) is 3. The van der Waals surface area contributed by atoms with Crippen LogP contribution >= 0.6 is 0 Å². The molecule has 0 radical (unpaired) electrons. The van der Waals surface area contributed by atoms with Gasteiger partial charge in [0.15, 0.2) is 0 Å². The van der Waals surface area contributed by atoms with E-state index in [-0.39, 0.29) is 11.7 Å². The van der Waals surface area contributed by atoms with E-state index in [1.54, 1.807) is 24.1 Å². The average molecular weight is 347 g/mol. The summed E-state index contributed by atoms with van der Waals surface area (Å²) in [7, 11) is 1.75. The third kappa shape index (κ3) is 5.09. The summed E-state index contributed by atoms with van der Waals surface area (Å²) in [5, 5.41) is 9.18. The van der Waals surface area contributed by atoms with E-state index in [1.165, 1.54) is 6.07 Å². The van der Waals surface area contributed by atoms with Gasteiger partial charge in [0.05, 0.1) is 5.69 Å². The Morgan fingerprint density at radius 1 is 1.40 bits per heavy atom. The van der Waals surface area contributed by atoms with Gasteiger partial charge >= 0.3 is 6.09 Å². The van der Waals surface area contributed by atoms with Gasteiger partial charge in [-0.25, -0.2) is 9.18 Å². The number of nitriles is 1. The van der Waals surface area contributed by atoms with Crippen molar-refractivity contribution in [3.8, 4) is 6.07 Å². The van der Waals surface area contributed by atoms with Gasteiger partial charge < -0.3 is 14.5 Å². The predicted octanol–water partition coefficient (Wildman–Crippen LogP) is 3.78. The molecule has 1 saturated heterocycles. The minimum atomic E-state index is -0.500. The van der Waals surface area contributed by atoms with Crippen LogP contribution in [-0.4, -0.2) is 43.3 Å². The van der Waals surface area contributed by atoms with E-state index in [0.717, 1.165) is 25.9 Å². The topological polar surface area (TPSA) is 56.6 Å². The normalized spacial score (nSPS) is 15.6. The Labute approximate surface area is 149 Å². The van der Waals surface area contributed by atoms with Crippen LogP contribution in [0.5, 0.6) is 0 Å². The summed E-state index contributed by atoms with van der Waals surface area (Å²) >= 11 is 0. The summed E-state index contributed by atoms with van der Waals surface area (Å²) in [6.07, 6.45) is 1.45. The lowest BCUT2D eigenvalue weighted by Crippen LogP contribution is -2.41. The molecule has 5 nitrogen and oxygen atoms in total. The zero-order valence-electron chi connectivity index (χ0n) is 15.4. The summed E-state index contributed by atoms with van der Waals surface area (Å²) in [6.45, 7) is 7.67. The van der Waals surface area contributed by atoms with E-state index in [2.05, 4.69) is 0 Å². The third-order valence-electron chi connectivity index (χ3n) is 4.30. The van der Waals surface area contributed by atoms with Crippen molar-refractivity contribution in [2.75, 3.05) is 31.6 Å². The molecule has 136 valence electrons. The standard InChI is InChI=1S/C19H26FN3O2/c1-19(2,3)25-18(24)22(4)13-14-8-10-23(11-9-14)17-7-5-6-16(20)15(17)12-21/h5-7,14H,8-11,13H2,1-4H3. The molecule has 0 bridgehead atoms. The van der Waals surface area contributed by atoms with Crippen LogP contribution in [0.3, 0.4) is 0 Å². The number of carbonyl (C=O) groups is 1. The fraction of sp³-hybridized carbons (Fsp3) is 0.579. The highest BCUT2D eigenvalue weighted by Gasteiger charge is 2.26. The van der Waals surface area contributed by atoms with Gasteiger partial charge in [-0.2, -0.15) is 5.26 Å². The molecule has 1 amide bonds. The second-order valence-corrected chi connectivity index (χ2v) is 7.54. The zero-order valence-corrected chi connectivity index (χ0v) is 15.4. The van der Waals surface area contributed by atoms with Crippen LogP contribution in [0.2, 0.25) is 0 Å². The summed E-state index contributed by atoms with van der Waals surface area (Å²) in [6, 6.07) is 6.68. The minimum Gasteiger partial charge on any atom is -0.444 e. The maximum absolute atomic E-state index is 13.8. The summed E-state index contributed by atoms with van der Waals surface area (Å²) in [5.74, 6) is -0.111. The summed E-state index contributed by atoms with van der Waals surface area (Å²) in [4.78, 5) is 15.7. The van der Waals surface area contributed by atoms with Crippen molar-refractivity contribution in [2.24, 2.45) is 5.92 Å². The van der Waals surface area contributed by atoms with Crippen LogP contribution in [0.4, 0.5) is 14.9 Å². The largest absolute Gasteiger partial charge is 0.444 e. The van der Waals surface area contributed by atoms with Crippen LogP contribution < -0.4 is 4.90 Å². The first-order valence-corrected chi connectivity index (χ1v) is 8.59. The lowest BCUT2D eigenvalue weighted by atomic mass is 9.95. The van der Waals surface area contributed by atoms with Gasteiger partial charge in [-0.15, -0.1) is 0 Å². The summed E-state index contributed by atoms with van der Waals surface area (Å²) < 4.78 is 19.1. The molecule has 0 aliphatic carbocycles. The fourth-order valence-corrected chi connectivity index (χ4v) is 3.05. The average Bonchev–Trinajstić information content (AvgIpc) is 2.53. The van der Waals surface area contributed by atoms with E-state index in [9.17, 15) is 14.4 Å². The van der Waals surface area contributed by atoms with Gasteiger partial charge in [-0.05, 0) is 51.7 Å².